The maximum Gasteiger partial charge on any atom is 0.107 e. The molecule has 3 atom stereocenters. The molecule has 0 amide bonds. The summed E-state index contributed by atoms with van der Waals surface area (Å²) in [6, 6.07) is 18.3. The molecule has 1 heterocycles. The molecular formula is C19H20O3. The van der Waals surface area contributed by atoms with Gasteiger partial charge in [-0.05, 0) is 16.7 Å². The standard InChI is InChI=1S/C19H20O3/c20-13-19-17(21)12-18(22-19)16-10-8-15(9-11-16)7-6-14-4-2-1-3-5-14/h1-11,17-21H,12-13H2/b7-6+. The van der Waals surface area contributed by atoms with E-state index >= 15 is 0 Å². The zero-order chi connectivity index (χ0) is 15.4. The van der Waals surface area contributed by atoms with Gasteiger partial charge in [0.1, 0.15) is 6.10 Å². The quantitative estimate of drug-likeness (QED) is 0.853. The lowest BCUT2D eigenvalue weighted by molar-refractivity contribution is -0.0225. The number of benzene rings is 2. The van der Waals surface area contributed by atoms with Crippen molar-refractivity contribution in [3.05, 3.63) is 71.3 Å². The minimum Gasteiger partial charge on any atom is -0.394 e. The van der Waals surface area contributed by atoms with Gasteiger partial charge in [-0.3, -0.25) is 0 Å². The van der Waals surface area contributed by atoms with Crippen molar-refractivity contribution in [3.8, 4) is 0 Å². The Kier molecular flexibility index (Phi) is 4.68. The largest absolute Gasteiger partial charge is 0.394 e. The molecule has 2 N–H and O–H groups in total. The Morgan fingerprint density at radius 2 is 1.59 bits per heavy atom. The Balaban J connectivity index is 1.67. The van der Waals surface area contributed by atoms with Gasteiger partial charge in [0, 0.05) is 6.42 Å². The molecule has 3 heteroatoms. The molecule has 0 aromatic heterocycles. The van der Waals surface area contributed by atoms with Crippen molar-refractivity contribution < 1.29 is 14.9 Å². The van der Waals surface area contributed by atoms with Crippen LogP contribution in [0.4, 0.5) is 0 Å². The van der Waals surface area contributed by atoms with E-state index in [1.807, 2.05) is 42.5 Å². The van der Waals surface area contributed by atoms with Crippen molar-refractivity contribution >= 4 is 12.2 Å². The van der Waals surface area contributed by atoms with E-state index in [4.69, 9.17) is 9.84 Å². The summed E-state index contributed by atoms with van der Waals surface area (Å²) in [6.07, 6.45) is 3.48. The van der Waals surface area contributed by atoms with Crippen molar-refractivity contribution in [1.82, 2.24) is 0 Å². The highest BCUT2D eigenvalue weighted by molar-refractivity contribution is 5.69. The Labute approximate surface area is 130 Å². The van der Waals surface area contributed by atoms with Crippen molar-refractivity contribution in [3.63, 3.8) is 0 Å². The second-order valence-electron chi connectivity index (χ2n) is 5.56. The second-order valence-corrected chi connectivity index (χ2v) is 5.56. The molecule has 3 unspecified atom stereocenters. The van der Waals surface area contributed by atoms with Gasteiger partial charge < -0.3 is 14.9 Å². The number of hydrogen-bond acceptors (Lipinski definition) is 3. The molecule has 22 heavy (non-hydrogen) atoms. The first-order chi connectivity index (χ1) is 10.8. The molecular weight excluding hydrogens is 276 g/mol. The third kappa shape index (κ3) is 3.45. The van der Waals surface area contributed by atoms with E-state index in [9.17, 15) is 5.11 Å². The van der Waals surface area contributed by atoms with Crippen LogP contribution in [0.15, 0.2) is 54.6 Å². The lowest BCUT2D eigenvalue weighted by atomic mass is 10.0. The van der Waals surface area contributed by atoms with E-state index in [1.165, 1.54) is 5.56 Å². The second kappa shape index (κ2) is 6.88. The van der Waals surface area contributed by atoms with Crippen LogP contribution in [0, 0.1) is 0 Å². The van der Waals surface area contributed by atoms with Gasteiger partial charge in [0.05, 0.1) is 18.8 Å². The Morgan fingerprint density at radius 3 is 2.18 bits per heavy atom. The predicted octanol–water partition coefficient (Wildman–Crippen LogP) is 3.04. The number of rotatable bonds is 4. The van der Waals surface area contributed by atoms with E-state index in [1.54, 1.807) is 0 Å². The van der Waals surface area contributed by atoms with Crippen LogP contribution < -0.4 is 0 Å². The van der Waals surface area contributed by atoms with Crippen LogP contribution in [-0.4, -0.2) is 29.0 Å². The van der Waals surface area contributed by atoms with Crippen molar-refractivity contribution in [1.29, 1.82) is 0 Å². The lowest BCUT2D eigenvalue weighted by Crippen LogP contribution is -2.24. The highest BCUT2D eigenvalue weighted by Crippen LogP contribution is 2.33. The summed E-state index contributed by atoms with van der Waals surface area (Å²) in [4.78, 5) is 0. The first kappa shape index (κ1) is 15.0. The smallest absolute Gasteiger partial charge is 0.107 e. The minimum atomic E-state index is -0.590. The summed E-state index contributed by atoms with van der Waals surface area (Å²) in [5.74, 6) is 0. The molecule has 0 radical (unpaired) electrons. The zero-order valence-electron chi connectivity index (χ0n) is 12.3. The number of aliphatic hydroxyl groups excluding tert-OH is 2. The van der Waals surface area contributed by atoms with E-state index in [-0.39, 0.29) is 12.7 Å². The van der Waals surface area contributed by atoms with Crippen LogP contribution >= 0.6 is 0 Å². The fraction of sp³-hybridized carbons (Fsp3) is 0.263. The maximum atomic E-state index is 9.79. The van der Waals surface area contributed by atoms with Crippen molar-refractivity contribution in [2.75, 3.05) is 6.61 Å². The molecule has 2 aromatic rings. The van der Waals surface area contributed by atoms with Gasteiger partial charge in [-0.1, -0.05) is 66.7 Å². The topological polar surface area (TPSA) is 49.7 Å². The zero-order valence-corrected chi connectivity index (χ0v) is 12.3. The molecule has 114 valence electrons. The van der Waals surface area contributed by atoms with E-state index < -0.39 is 12.2 Å². The molecule has 3 rings (SSSR count). The molecule has 0 saturated carbocycles. The summed E-state index contributed by atoms with van der Waals surface area (Å²) >= 11 is 0. The molecule has 0 spiro atoms. The molecule has 1 saturated heterocycles. The molecule has 1 aliphatic heterocycles. The van der Waals surface area contributed by atoms with E-state index in [0.29, 0.717) is 6.42 Å². The monoisotopic (exact) mass is 296 g/mol. The van der Waals surface area contributed by atoms with Gasteiger partial charge >= 0.3 is 0 Å². The SMILES string of the molecule is OCC1OC(c2ccc(/C=C/c3ccccc3)cc2)CC1O. The summed E-state index contributed by atoms with van der Waals surface area (Å²) in [5.41, 5.74) is 3.32. The van der Waals surface area contributed by atoms with Crippen LogP contribution in [-0.2, 0) is 4.74 Å². The molecule has 1 aliphatic rings. The fourth-order valence-electron chi connectivity index (χ4n) is 2.69. The van der Waals surface area contributed by atoms with E-state index in [2.05, 4.69) is 24.3 Å². The Bertz CT molecular complexity index is 619. The van der Waals surface area contributed by atoms with Gasteiger partial charge in [-0.15, -0.1) is 0 Å². The summed E-state index contributed by atoms with van der Waals surface area (Å²) < 4.78 is 5.66. The van der Waals surface area contributed by atoms with Gasteiger partial charge in [-0.2, -0.15) is 0 Å². The minimum absolute atomic E-state index is 0.140. The van der Waals surface area contributed by atoms with Crippen LogP contribution in [0.2, 0.25) is 0 Å². The number of hydrogen-bond donors (Lipinski definition) is 2. The highest BCUT2D eigenvalue weighted by Gasteiger charge is 2.33. The van der Waals surface area contributed by atoms with Crippen molar-refractivity contribution in [2.45, 2.75) is 24.7 Å². The molecule has 2 aromatic carbocycles. The average Bonchev–Trinajstić information content (AvgIpc) is 2.95. The normalized spacial score (nSPS) is 24.9. The van der Waals surface area contributed by atoms with Crippen molar-refractivity contribution in [2.24, 2.45) is 0 Å². The summed E-state index contributed by atoms with van der Waals surface area (Å²) in [7, 11) is 0. The van der Waals surface area contributed by atoms with Crippen LogP contribution in [0.5, 0.6) is 0 Å². The van der Waals surface area contributed by atoms with Crippen LogP contribution in [0.3, 0.4) is 0 Å². The maximum absolute atomic E-state index is 9.79. The van der Waals surface area contributed by atoms with Gasteiger partial charge in [0.2, 0.25) is 0 Å². The van der Waals surface area contributed by atoms with Gasteiger partial charge in [0.15, 0.2) is 0 Å². The Hall–Kier alpha value is -1.94. The third-order valence-corrected chi connectivity index (χ3v) is 3.98. The number of ether oxygens (including phenoxy) is 1. The average molecular weight is 296 g/mol. The molecule has 0 bridgehead atoms. The Morgan fingerprint density at radius 1 is 0.955 bits per heavy atom. The lowest BCUT2D eigenvalue weighted by Gasteiger charge is -2.12. The molecule has 3 nitrogen and oxygen atoms in total. The van der Waals surface area contributed by atoms with Gasteiger partial charge in [0.25, 0.3) is 0 Å². The number of aliphatic hydroxyl groups is 2. The first-order valence-corrected chi connectivity index (χ1v) is 7.54. The summed E-state index contributed by atoms with van der Waals surface area (Å²) in [5, 5.41) is 18.9. The van der Waals surface area contributed by atoms with Gasteiger partial charge in [-0.25, -0.2) is 0 Å². The van der Waals surface area contributed by atoms with Crippen LogP contribution in [0.1, 0.15) is 29.2 Å². The van der Waals surface area contributed by atoms with Crippen LogP contribution in [0.25, 0.3) is 12.2 Å². The first-order valence-electron chi connectivity index (χ1n) is 7.54. The predicted molar refractivity (Wildman–Crippen MR) is 87.1 cm³/mol. The highest BCUT2D eigenvalue weighted by atomic mass is 16.5. The molecule has 1 fully saturated rings. The van der Waals surface area contributed by atoms with E-state index in [0.717, 1.165) is 11.1 Å². The molecule has 0 aliphatic carbocycles. The summed E-state index contributed by atoms with van der Waals surface area (Å²) in [6.45, 7) is -0.143. The third-order valence-electron chi connectivity index (χ3n) is 3.98. The fourth-order valence-corrected chi connectivity index (χ4v) is 2.69.